The quantitative estimate of drug-likeness (QED) is 0.549. The van der Waals surface area contributed by atoms with Crippen molar-refractivity contribution in [2.24, 2.45) is 0 Å². The molecular weight excluding hydrogens is 350 g/mol. The molecule has 4 aromatic heterocycles. The third kappa shape index (κ3) is 3.48. The fourth-order valence-electron chi connectivity index (χ4n) is 3.06. The summed E-state index contributed by atoms with van der Waals surface area (Å²) in [5.74, 6) is -0.730. The summed E-state index contributed by atoms with van der Waals surface area (Å²) >= 11 is 0. The monoisotopic (exact) mass is 365 g/mol. The number of hydrogen-bond donors (Lipinski definition) is 1. The van der Waals surface area contributed by atoms with Crippen LogP contribution in [0, 0.1) is 18.0 Å². The Hall–Kier alpha value is -3.35. The van der Waals surface area contributed by atoms with E-state index in [1.807, 2.05) is 18.3 Å². The number of pyridine rings is 3. The molecule has 0 atom stereocenters. The molecule has 27 heavy (non-hydrogen) atoms. The zero-order valence-corrected chi connectivity index (χ0v) is 14.5. The maximum Gasteiger partial charge on any atom is 0.217 e. The van der Waals surface area contributed by atoms with Gasteiger partial charge in [0.25, 0.3) is 0 Å². The van der Waals surface area contributed by atoms with Crippen molar-refractivity contribution >= 4 is 11.0 Å². The number of H-pyrrole nitrogens is 1. The normalized spacial score (nSPS) is 11.1. The van der Waals surface area contributed by atoms with Gasteiger partial charge in [0, 0.05) is 41.7 Å². The van der Waals surface area contributed by atoms with Crippen molar-refractivity contribution in [1.82, 2.24) is 19.9 Å². The third-order valence-corrected chi connectivity index (χ3v) is 4.29. The van der Waals surface area contributed by atoms with Gasteiger partial charge in [-0.15, -0.1) is 0 Å². The largest absolute Gasteiger partial charge is 0.481 e. The van der Waals surface area contributed by atoms with Crippen LogP contribution in [0.5, 0.6) is 5.88 Å². The summed E-state index contributed by atoms with van der Waals surface area (Å²) in [5.41, 5.74) is 3.26. The lowest BCUT2D eigenvalue weighted by atomic mass is 10.0. The molecule has 0 fully saturated rings. The van der Waals surface area contributed by atoms with Gasteiger partial charge in [0.1, 0.15) is 11.5 Å². The fourth-order valence-corrected chi connectivity index (χ4v) is 3.06. The molecule has 4 rings (SSSR count). The van der Waals surface area contributed by atoms with Crippen molar-refractivity contribution in [3.8, 4) is 5.88 Å². The minimum absolute atomic E-state index is 0.281. The molecule has 0 bridgehead atoms. The minimum Gasteiger partial charge on any atom is -0.481 e. The van der Waals surface area contributed by atoms with Gasteiger partial charge in [0.05, 0.1) is 19.5 Å². The molecule has 7 heteroatoms. The van der Waals surface area contributed by atoms with Gasteiger partial charge in [-0.3, -0.25) is 0 Å². The molecule has 0 aliphatic rings. The number of nitrogens with one attached hydrogen (secondary N) is 1. The Labute approximate surface area is 154 Å². The van der Waals surface area contributed by atoms with Gasteiger partial charge in [-0.25, -0.2) is 19.3 Å². The fraction of sp³-hybridized carbons (Fsp3) is 0.150. The Balaban J connectivity index is 1.65. The number of nitrogens with zero attached hydrogens (tertiary/aromatic N) is 3. The number of halogens is 2. The van der Waals surface area contributed by atoms with E-state index in [0.29, 0.717) is 29.0 Å². The number of rotatable bonds is 5. The average Bonchev–Trinajstić information content (AvgIpc) is 3.08. The lowest BCUT2D eigenvalue weighted by molar-refractivity contribution is 0.391. The molecule has 0 saturated heterocycles. The number of ether oxygens (including phenoxy) is 1. The van der Waals surface area contributed by atoms with E-state index in [1.165, 1.54) is 13.2 Å². The predicted molar refractivity (Wildman–Crippen MR) is 95.5 cm³/mol. The van der Waals surface area contributed by atoms with Crippen molar-refractivity contribution in [1.29, 1.82) is 0 Å². The van der Waals surface area contributed by atoms with Crippen molar-refractivity contribution in [2.45, 2.75) is 12.8 Å². The van der Waals surface area contributed by atoms with Crippen molar-refractivity contribution in [2.75, 3.05) is 7.11 Å². The molecule has 0 aliphatic carbocycles. The van der Waals surface area contributed by atoms with E-state index in [0.717, 1.165) is 22.8 Å². The van der Waals surface area contributed by atoms with Crippen LogP contribution in [0.3, 0.4) is 0 Å². The van der Waals surface area contributed by atoms with E-state index in [4.69, 9.17) is 4.74 Å². The first kappa shape index (κ1) is 17.1. The van der Waals surface area contributed by atoms with Crippen LogP contribution in [-0.2, 0) is 12.8 Å². The summed E-state index contributed by atoms with van der Waals surface area (Å²) in [5, 5.41) is 0.933. The van der Waals surface area contributed by atoms with Gasteiger partial charge >= 0.3 is 0 Å². The predicted octanol–water partition coefficient (Wildman–Crippen LogP) is 3.62. The third-order valence-electron chi connectivity index (χ3n) is 4.29. The highest BCUT2D eigenvalue weighted by molar-refractivity contribution is 5.79. The minimum atomic E-state index is -0.582. The second-order valence-electron chi connectivity index (χ2n) is 6.10. The Bertz CT molecular complexity index is 1110. The number of hydrogen-bond acceptors (Lipinski definition) is 4. The Morgan fingerprint density at radius 1 is 1.11 bits per heavy atom. The van der Waals surface area contributed by atoms with Gasteiger partial charge in [-0.1, -0.05) is 0 Å². The highest BCUT2D eigenvalue weighted by Gasteiger charge is 2.13. The van der Waals surface area contributed by atoms with E-state index in [-0.39, 0.29) is 6.42 Å². The standard InChI is InChI=1S/C20H15F2N4O/c1-27-20-14(8-16(21)11-26-20)6-12-5-13(18(22)24-9-12)7-15-10-25-19-17(15)3-2-4-23-19/h2-5,8,10-11H,6-7H2,1H3,(H,23,25). The van der Waals surface area contributed by atoms with Crippen LogP contribution in [0.2, 0.25) is 0 Å². The van der Waals surface area contributed by atoms with Crippen LogP contribution in [0.25, 0.3) is 11.0 Å². The van der Waals surface area contributed by atoms with Crippen LogP contribution >= 0.6 is 0 Å². The van der Waals surface area contributed by atoms with E-state index in [2.05, 4.69) is 26.1 Å². The molecule has 4 aromatic rings. The van der Waals surface area contributed by atoms with Gasteiger partial charge in [-0.2, -0.15) is 4.39 Å². The van der Waals surface area contributed by atoms with Crippen LogP contribution in [-0.4, -0.2) is 27.0 Å². The lowest BCUT2D eigenvalue weighted by Gasteiger charge is -2.09. The molecular formula is C20H15F2N4O. The lowest BCUT2D eigenvalue weighted by Crippen LogP contribution is -2.02. The van der Waals surface area contributed by atoms with E-state index in [9.17, 15) is 8.78 Å². The SMILES string of the molecule is COc1ncc(F)cc1Cc1[c]nc(F)c(Cc2c[nH]c3ncccc23)c1. The van der Waals surface area contributed by atoms with Gasteiger partial charge in [0.2, 0.25) is 11.8 Å². The highest BCUT2D eigenvalue weighted by Crippen LogP contribution is 2.23. The molecule has 0 saturated carbocycles. The number of fused-ring (bicyclic) bond motifs is 1. The molecule has 0 aromatic carbocycles. The zero-order chi connectivity index (χ0) is 18.8. The van der Waals surface area contributed by atoms with Crippen molar-refractivity contribution in [3.05, 3.63) is 83.1 Å². The summed E-state index contributed by atoms with van der Waals surface area (Å²) in [6.45, 7) is 0. The molecule has 1 radical (unpaired) electrons. The Morgan fingerprint density at radius 2 is 2.00 bits per heavy atom. The summed E-state index contributed by atoms with van der Waals surface area (Å²) < 4.78 is 32.9. The topological polar surface area (TPSA) is 63.7 Å². The maximum atomic E-state index is 14.2. The molecule has 1 N–H and O–H groups in total. The average molecular weight is 365 g/mol. The van der Waals surface area contributed by atoms with Crippen LogP contribution in [0.15, 0.2) is 42.9 Å². The van der Waals surface area contributed by atoms with Gasteiger partial charge in [0.15, 0.2) is 0 Å². The summed E-state index contributed by atoms with van der Waals surface area (Å²) in [6, 6.07) is 6.79. The van der Waals surface area contributed by atoms with Crippen LogP contribution in [0.4, 0.5) is 8.78 Å². The molecule has 4 heterocycles. The Kier molecular flexibility index (Phi) is 4.50. The zero-order valence-electron chi connectivity index (χ0n) is 14.5. The van der Waals surface area contributed by atoms with Crippen molar-refractivity contribution in [3.63, 3.8) is 0 Å². The molecule has 0 aliphatic heterocycles. The summed E-state index contributed by atoms with van der Waals surface area (Å²) in [6.07, 6.45) is 7.89. The molecule has 5 nitrogen and oxygen atoms in total. The van der Waals surface area contributed by atoms with Crippen LogP contribution in [0.1, 0.15) is 22.3 Å². The first-order valence-corrected chi connectivity index (χ1v) is 8.29. The number of aromatic amines is 1. The van der Waals surface area contributed by atoms with Crippen LogP contribution < -0.4 is 4.74 Å². The first-order chi connectivity index (χ1) is 13.1. The maximum absolute atomic E-state index is 14.2. The second kappa shape index (κ2) is 7.11. The molecule has 0 unspecified atom stereocenters. The molecule has 0 amide bonds. The summed E-state index contributed by atoms with van der Waals surface area (Å²) in [7, 11) is 1.47. The van der Waals surface area contributed by atoms with Crippen molar-refractivity contribution < 1.29 is 13.5 Å². The molecule has 0 spiro atoms. The molecule has 135 valence electrons. The van der Waals surface area contributed by atoms with E-state index in [1.54, 1.807) is 12.3 Å². The summed E-state index contributed by atoms with van der Waals surface area (Å²) in [4.78, 5) is 15.0. The highest BCUT2D eigenvalue weighted by atomic mass is 19.1. The number of aromatic nitrogens is 4. The Morgan fingerprint density at radius 3 is 2.85 bits per heavy atom. The van der Waals surface area contributed by atoms with E-state index >= 15 is 0 Å². The first-order valence-electron chi connectivity index (χ1n) is 8.29. The smallest absolute Gasteiger partial charge is 0.217 e. The number of methoxy groups -OCH3 is 1. The van der Waals surface area contributed by atoms with E-state index < -0.39 is 11.8 Å². The second-order valence-corrected chi connectivity index (χ2v) is 6.10. The van der Waals surface area contributed by atoms with Gasteiger partial charge < -0.3 is 9.72 Å². The van der Waals surface area contributed by atoms with Gasteiger partial charge in [-0.05, 0) is 35.4 Å².